The Kier molecular flexibility index (Phi) is 9.12. The molecule has 0 aliphatic carbocycles. The molecule has 10 nitrogen and oxygen atoms in total. The fraction of sp³-hybridized carbons (Fsp3) is 0.355. The van der Waals surface area contributed by atoms with E-state index in [1.54, 1.807) is 6.20 Å². The average molecular weight is 589 g/mol. The first-order chi connectivity index (χ1) is 20.2. The highest BCUT2D eigenvalue weighted by atomic mass is 32.1. The van der Waals surface area contributed by atoms with Crippen molar-refractivity contribution in [2.45, 2.75) is 57.1 Å². The number of β-amino-alcohol motifs (C(OH)–C–C–N with tert-alkyl or cyclic N) is 1. The third-order valence-electron chi connectivity index (χ3n) is 7.57. The lowest BCUT2D eigenvalue weighted by Crippen LogP contribution is -2.55. The van der Waals surface area contributed by atoms with Crippen LogP contribution in [0.2, 0.25) is 0 Å². The molecular weight excluding hydrogens is 552 g/mol. The molecule has 1 aliphatic heterocycles. The minimum Gasteiger partial charge on any atom is -0.391 e. The van der Waals surface area contributed by atoms with Crippen molar-refractivity contribution in [2.75, 3.05) is 6.54 Å². The van der Waals surface area contributed by atoms with Crippen LogP contribution in [0, 0.1) is 5.92 Å². The van der Waals surface area contributed by atoms with Gasteiger partial charge in [0.2, 0.25) is 11.8 Å². The smallest absolute Gasteiger partial charge is 0.248 e. The highest BCUT2D eigenvalue weighted by molar-refractivity contribution is 7.13. The Morgan fingerprint density at radius 2 is 1.79 bits per heavy atom. The molecule has 42 heavy (non-hydrogen) atoms. The monoisotopic (exact) mass is 588 g/mol. The second-order valence-corrected chi connectivity index (χ2v) is 12.0. The zero-order chi connectivity index (χ0) is 29.8. The lowest BCUT2D eigenvalue weighted by atomic mass is 9.99. The average Bonchev–Trinajstić information content (AvgIpc) is 3.75. The van der Waals surface area contributed by atoms with E-state index in [2.05, 4.69) is 15.6 Å². The first kappa shape index (κ1) is 29.6. The molecule has 1 fully saturated rings. The molecule has 11 heteroatoms. The van der Waals surface area contributed by atoms with Gasteiger partial charge in [-0.1, -0.05) is 79.7 Å². The van der Waals surface area contributed by atoms with E-state index in [9.17, 15) is 19.8 Å². The van der Waals surface area contributed by atoms with Gasteiger partial charge in [0.25, 0.3) is 0 Å². The van der Waals surface area contributed by atoms with Crippen molar-refractivity contribution < 1.29 is 19.8 Å². The summed E-state index contributed by atoms with van der Waals surface area (Å²) in [6.45, 7) is 3.82. The number of nitrogens with two attached hydrogens (primary N) is 1. The SMILES string of the molecule is CC(C)C(C(=O)N1CC(O)CC1C(=O)NC(Cc1ccc(-c2ccccc2)cc1)C(N)O)n1cc(-c2cccs2)nn1. The van der Waals surface area contributed by atoms with Crippen molar-refractivity contribution in [1.82, 2.24) is 25.2 Å². The Hall–Kier alpha value is -3.90. The molecule has 5 N–H and O–H groups in total. The van der Waals surface area contributed by atoms with E-state index in [1.807, 2.05) is 86.0 Å². The largest absolute Gasteiger partial charge is 0.391 e. The summed E-state index contributed by atoms with van der Waals surface area (Å²) in [6.07, 6.45) is -0.0749. The highest BCUT2D eigenvalue weighted by Crippen LogP contribution is 2.29. The van der Waals surface area contributed by atoms with E-state index in [0.29, 0.717) is 12.1 Å². The number of carbonyl (C=O) groups excluding carboxylic acids is 2. The van der Waals surface area contributed by atoms with Crippen LogP contribution in [0.15, 0.2) is 78.3 Å². The molecule has 0 bridgehead atoms. The van der Waals surface area contributed by atoms with Crippen LogP contribution in [0.3, 0.4) is 0 Å². The number of hydrogen-bond donors (Lipinski definition) is 4. The summed E-state index contributed by atoms with van der Waals surface area (Å²) >= 11 is 1.53. The molecule has 4 aromatic rings. The van der Waals surface area contributed by atoms with Crippen LogP contribution in [-0.2, 0) is 16.0 Å². The minimum absolute atomic E-state index is 0.0173. The zero-order valence-electron chi connectivity index (χ0n) is 23.6. The summed E-state index contributed by atoms with van der Waals surface area (Å²) in [5.74, 6) is -0.962. The van der Waals surface area contributed by atoms with Gasteiger partial charge in [-0.25, -0.2) is 4.68 Å². The fourth-order valence-corrected chi connectivity index (χ4v) is 6.06. The molecule has 0 spiro atoms. The Morgan fingerprint density at radius 1 is 1.07 bits per heavy atom. The van der Waals surface area contributed by atoms with Gasteiger partial charge in [-0.2, -0.15) is 0 Å². The number of likely N-dealkylation sites (tertiary alicyclic amines) is 1. The molecule has 5 atom stereocenters. The van der Waals surface area contributed by atoms with E-state index in [0.717, 1.165) is 21.6 Å². The maximum Gasteiger partial charge on any atom is 0.248 e. The number of thiophene rings is 1. The van der Waals surface area contributed by atoms with E-state index >= 15 is 0 Å². The van der Waals surface area contributed by atoms with Crippen LogP contribution in [0.4, 0.5) is 0 Å². The summed E-state index contributed by atoms with van der Waals surface area (Å²) in [4.78, 5) is 29.7. The van der Waals surface area contributed by atoms with Crippen molar-refractivity contribution in [3.8, 4) is 21.7 Å². The van der Waals surface area contributed by atoms with E-state index < -0.39 is 36.4 Å². The maximum atomic E-state index is 13.9. The zero-order valence-corrected chi connectivity index (χ0v) is 24.4. The summed E-state index contributed by atoms with van der Waals surface area (Å²) in [5.41, 5.74) is 9.56. The molecule has 5 unspecified atom stereocenters. The van der Waals surface area contributed by atoms with E-state index in [1.165, 1.54) is 20.9 Å². The normalized spacial score (nSPS) is 19.0. The molecule has 1 aliphatic rings. The Morgan fingerprint density at radius 3 is 2.43 bits per heavy atom. The van der Waals surface area contributed by atoms with Crippen LogP contribution >= 0.6 is 11.3 Å². The fourth-order valence-electron chi connectivity index (χ4n) is 5.38. The lowest BCUT2D eigenvalue weighted by molar-refractivity contribution is -0.143. The summed E-state index contributed by atoms with van der Waals surface area (Å²) in [5, 5.41) is 34.1. The van der Waals surface area contributed by atoms with E-state index in [-0.39, 0.29) is 24.8 Å². The van der Waals surface area contributed by atoms with Crippen LogP contribution in [-0.4, -0.2) is 72.9 Å². The molecule has 5 rings (SSSR count). The maximum absolute atomic E-state index is 13.9. The van der Waals surface area contributed by atoms with Gasteiger partial charge >= 0.3 is 0 Å². The first-order valence-electron chi connectivity index (χ1n) is 14.0. The molecule has 2 amide bonds. The number of amides is 2. The first-order valence-corrected chi connectivity index (χ1v) is 14.9. The standard InChI is InChI=1S/C31H36N6O4S/c1-19(2)28(37-18-25(34-35-37)27-9-6-14-42-27)31(41)36-17-23(38)16-26(36)30(40)33-24(29(32)39)15-20-10-12-22(13-11-20)21-7-4-3-5-8-21/h3-14,18-19,23-24,26,28-29,38-39H,15-17,32H2,1-2H3,(H,33,40). The second kappa shape index (κ2) is 13.0. The topological polar surface area (TPSA) is 147 Å². The van der Waals surface area contributed by atoms with Gasteiger partial charge in [-0.05, 0) is 40.5 Å². The molecule has 0 saturated carbocycles. The van der Waals surface area contributed by atoms with Crippen LogP contribution in [0.1, 0.15) is 31.9 Å². The number of carbonyl (C=O) groups is 2. The summed E-state index contributed by atoms with van der Waals surface area (Å²) < 4.78 is 1.53. The van der Waals surface area contributed by atoms with Gasteiger partial charge < -0.3 is 26.2 Å². The molecule has 2 aromatic heterocycles. The number of nitrogens with one attached hydrogen (secondary N) is 1. The minimum atomic E-state index is -1.33. The Labute approximate surface area is 248 Å². The molecule has 2 aromatic carbocycles. The molecule has 220 valence electrons. The van der Waals surface area contributed by atoms with Crippen molar-refractivity contribution in [3.63, 3.8) is 0 Å². The van der Waals surface area contributed by atoms with Crippen LogP contribution in [0.5, 0.6) is 0 Å². The number of benzene rings is 2. The predicted molar refractivity (Wildman–Crippen MR) is 161 cm³/mol. The molecule has 1 saturated heterocycles. The van der Waals surface area contributed by atoms with Gasteiger partial charge in [-0.15, -0.1) is 16.4 Å². The molecule has 3 heterocycles. The number of aromatic nitrogens is 3. The number of hydrogen-bond acceptors (Lipinski definition) is 8. The quantitative estimate of drug-likeness (QED) is 0.208. The van der Waals surface area contributed by atoms with Gasteiger partial charge in [0, 0.05) is 13.0 Å². The van der Waals surface area contributed by atoms with Crippen molar-refractivity contribution >= 4 is 23.2 Å². The van der Waals surface area contributed by atoms with Gasteiger partial charge in [0.1, 0.15) is 24.0 Å². The van der Waals surface area contributed by atoms with Crippen LogP contribution < -0.4 is 11.1 Å². The second-order valence-electron chi connectivity index (χ2n) is 11.0. The summed E-state index contributed by atoms with van der Waals surface area (Å²) in [7, 11) is 0. The van der Waals surface area contributed by atoms with Crippen molar-refractivity contribution in [2.24, 2.45) is 11.7 Å². The number of nitrogens with zero attached hydrogens (tertiary/aromatic N) is 4. The molecule has 0 radical (unpaired) electrons. The van der Waals surface area contributed by atoms with Gasteiger partial charge in [0.15, 0.2) is 0 Å². The number of aliphatic hydroxyl groups is 2. The van der Waals surface area contributed by atoms with Crippen molar-refractivity contribution in [3.05, 3.63) is 83.9 Å². The van der Waals surface area contributed by atoms with Crippen LogP contribution in [0.25, 0.3) is 21.7 Å². The lowest BCUT2D eigenvalue weighted by Gasteiger charge is -2.31. The third-order valence-corrected chi connectivity index (χ3v) is 8.47. The van der Waals surface area contributed by atoms with Gasteiger partial charge in [-0.3, -0.25) is 9.59 Å². The third kappa shape index (κ3) is 6.60. The van der Waals surface area contributed by atoms with Crippen molar-refractivity contribution in [1.29, 1.82) is 0 Å². The molecular formula is C31H36N6O4S. The highest BCUT2D eigenvalue weighted by Gasteiger charge is 2.43. The van der Waals surface area contributed by atoms with E-state index in [4.69, 9.17) is 5.73 Å². The van der Waals surface area contributed by atoms with Gasteiger partial charge in [0.05, 0.1) is 23.2 Å². The number of rotatable bonds is 10. The Balaban J connectivity index is 1.29. The Bertz CT molecular complexity index is 1470. The predicted octanol–water partition coefficient (Wildman–Crippen LogP) is 2.84. The number of aliphatic hydroxyl groups excluding tert-OH is 2. The summed E-state index contributed by atoms with van der Waals surface area (Å²) in [6, 6.07) is 19.2.